The van der Waals surface area contributed by atoms with Gasteiger partial charge in [0, 0.05) is 35.4 Å². The van der Waals surface area contributed by atoms with E-state index in [2.05, 4.69) is 5.32 Å². The van der Waals surface area contributed by atoms with Gasteiger partial charge in [-0.1, -0.05) is 72.3 Å². The first-order chi connectivity index (χ1) is 19.4. The zero-order chi connectivity index (χ0) is 29.9. The molecule has 0 unspecified atom stereocenters. The predicted molar refractivity (Wildman–Crippen MR) is 163 cm³/mol. The van der Waals surface area contributed by atoms with E-state index in [0.717, 1.165) is 25.7 Å². The summed E-state index contributed by atoms with van der Waals surface area (Å²) in [6, 6.07) is 7.72. The van der Waals surface area contributed by atoms with Crippen LogP contribution in [0.25, 0.3) is 0 Å². The molecule has 2 aliphatic heterocycles. The van der Waals surface area contributed by atoms with Gasteiger partial charge in [-0.25, -0.2) is 4.79 Å². The Bertz CT molecular complexity index is 1540. The smallest absolute Gasteiger partial charge is 0.340 e. The SMILES string of the molecule is C[Si]1(C)c2c(cc(Cl)c(O)c2Cl)C2(OC(=O)c3ccc(C(=O)NCCCCCCO)cc32)c2cc(Cl)c(O)c(Cl)c21. The Morgan fingerprint density at radius 2 is 1.44 bits per heavy atom. The second-order valence-corrected chi connectivity index (χ2v) is 16.6. The van der Waals surface area contributed by atoms with E-state index in [1.54, 1.807) is 12.1 Å². The Hall–Kier alpha value is -2.46. The zero-order valence-electron chi connectivity index (χ0n) is 22.2. The Kier molecular flexibility index (Phi) is 8.04. The number of unbranched alkanes of at least 4 members (excludes halogenated alkanes) is 3. The van der Waals surface area contributed by atoms with Crippen molar-refractivity contribution in [3.63, 3.8) is 0 Å². The highest BCUT2D eigenvalue weighted by molar-refractivity contribution is 7.03. The second kappa shape index (κ2) is 11.0. The predicted octanol–water partition coefficient (Wildman–Crippen LogP) is 5.59. The number of phenols is 2. The minimum absolute atomic E-state index is 0.000655. The fraction of sp³-hybridized carbons (Fsp3) is 0.310. The molecule has 216 valence electrons. The molecule has 0 atom stereocenters. The van der Waals surface area contributed by atoms with Crippen LogP contribution in [0.1, 0.15) is 63.1 Å². The highest BCUT2D eigenvalue weighted by Gasteiger charge is 2.58. The van der Waals surface area contributed by atoms with E-state index in [1.165, 1.54) is 18.2 Å². The average molecular weight is 655 g/mol. The fourth-order valence-electron chi connectivity index (χ4n) is 5.96. The molecule has 2 heterocycles. The third-order valence-corrected chi connectivity index (χ3v) is 13.1. The normalized spacial score (nSPS) is 15.7. The van der Waals surface area contributed by atoms with Crippen LogP contribution in [-0.2, 0) is 10.3 Å². The van der Waals surface area contributed by atoms with E-state index in [-0.39, 0.29) is 49.7 Å². The molecule has 0 fully saturated rings. The van der Waals surface area contributed by atoms with Crippen LogP contribution in [0.5, 0.6) is 11.5 Å². The van der Waals surface area contributed by atoms with Gasteiger partial charge in [-0.15, -0.1) is 0 Å². The summed E-state index contributed by atoms with van der Waals surface area (Å²) in [7, 11) is -2.92. The highest BCUT2D eigenvalue weighted by atomic mass is 35.5. The number of aliphatic hydroxyl groups is 1. The van der Waals surface area contributed by atoms with Crippen molar-refractivity contribution in [2.75, 3.05) is 13.2 Å². The van der Waals surface area contributed by atoms with Crippen LogP contribution in [-0.4, -0.2) is 48.4 Å². The molecule has 0 aromatic heterocycles. The van der Waals surface area contributed by atoms with Gasteiger partial charge in [-0.3, -0.25) is 4.79 Å². The molecule has 0 saturated heterocycles. The van der Waals surface area contributed by atoms with Gasteiger partial charge < -0.3 is 25.4 Å². The van der Waals surface area contributed by atoms with Crippen LogP contribution in [0.15, 0.2) is 30.3 Å². The Labute approximate surface area is 258 Å². The maximum atomic E-state index is 13.4. The number of carbonyl (C=O) groups excluding carboxylic acids is 2. The molecule has 0 bridgehead atoms. The topological polar surface area (TPSA) is 116 Å². The van der Waals surface area contributed by atoms with Crippen LogP contribution >= 0.6 is 46.4 Å². The molecule has 1 amide bonds. The average Bonchev–Trinajstić information content (AvgIpc) is 3.22. The first-order valence-corrected chi connectivity index (χ1v) is 17.6. The number of aromatic hydroxyl groups is 2. The summed E-state index contributed by atoms with van der Waals surface area (Å²) in [6.07, 6.45) is 3.21. The molecule has 0 aliphatic carbocycles. The molecule has 3 aromatic rings. The Morgan fingerprint density at radius 3 is 2.00 bits per heavy atom. The van der Waals surface area contributed by atoms with E-state index in [1.807, 2.05) is 13.1 Å². The zero-order valence-corrected chi connectivity index (χ0v) is 26.2. The number of halogens is 4. The number of fused-ring (bicyclic) bond motifs is 6. The number of amides is 1. The molecule has 41 heavy (non-hydrogen) atoms. The van der Waals surface area contributed by atoms with E-state index in [4.69, 9.17) is 56.2 Å². The van der Waals surface area contributed by atoms with Crippen LogP contribution in [0.2, 0.25) is 33.2 Å². The summed E-state index contributed by atoms with van der Waals surface area (Å²) in [6.45, 7) is 4.47. The lowest BCUT2D eigenvalue weighted by Gasteiger charge is -2.44. The van der Waals surface area contributed by atoms with Gasteiger partial charge in [0.15, 0.2) is 17.1 Å². The lowest BCUT2D eigenvalue weighted by molar-refractivity contribution is 0.0255. The molecule has 0 radical (unpaired) electrons. The summed E-state index contributed by atoms with van der Waals surface area (Å²) in [5.41, 5.74) is 0.0862. The van der Waals surface area contributed by atoms with Gasteiger partial charge in [-0.05, 0) is 53.5 Å². The maximum Gasteiger partial charge on any atom is 0.340 e. The standard InChI is InChI=1S/C29H27Cl4NO6Si/c1-41(2)25-17(12-19(30)23(36)21(25)32)29(18-13-20(31)24(37)22(33)26(18)41)16-11-14(7-8-15(16)28(39)40-29)27(38)34-9-5-3-4-6-10-35/h7-8,11-13,35-37H,3-6,9-10H2,1-2H3,(H,34,38). The maximum absolute atomic E-state index is 13.4. The number of hydrogen-bond acceptors (Lipinski definition) is 6. The van der Waals surface area contributed by atoms with Crippen molar-refractivity contribution in [1.82, 2.24) is 5.32 Å². The summed E-state index contributed by atoms with van der Waals surface area (Å²) in [4.78, 5) is 26.6. The van der Waals surface area contributed by atoms with Gasteiger partial charge in [-0.2, -0.15) is 0 Å². The number of hydrogen-bond donors (Lipinski definition) is 4. The molecule has 12 heteroatoms. The first kappa shape index (κ1) is 30.0. The number of ether oxygens (including phenoxy) is 1. The lowest BCUT2D eigenvalue weighted by atomic mass is 9.78. The Morgan fingerprint density at radius 1 is 0.878 bits per heavy atom. The van der Waals surface area contributed by atoms with Gasteiger partial charge in [0.25, 0.3) is 5.91 Å². The summed E-state index contributed by atoms with van der Waals surface area (Å²) in [5, 5.41) is 34.3. The van der Waals surface area contributed by atoms with Crippen molar-refractivity contribution in [3.8, 4) is 11.5 Å². The largest absolute Gasteiger partial charge is 0.505 e. The van der Waals surface area contributed by atoms with Crippen molar-refractivity contribution in [3.05, 3.63) is 78.2 Å². The van der Waals surface area contributed by atoms with E-state index in [9.17, 15) is 19.8 Å². The lowest BCUT2D eigenvalue weighted by Crippen LogP contribution is -2.64. The van der Waals surface area contributed by atoms with Crippen LogP contribution < -0.4 is 15.7 Å². The molecular weight excluding hydrogens is 628 g/mol. The van der Waals surface area contributed by atoms with Crippen molar-refractivity contribution < 1.29 is 29.6 Å². The minimum Gasteiger partial charge on any atom is -0.505 e. The van der Waals surface area contributed by atoms with Gasteiger partial charge >= 0.3 is 5.97 Å². The number of esters is 1. The number of rotatable bonds is 7. The van der Waals surface area contributed by atoms with E-state index in [0.29, 0.717) is 39.2 Å². The fourth-order valence-corrected chi connectivity index (χ4v) is 11.7. The molecule has 0 saturated carbocycles. The summed E-state index contributed by atoms with van der Waals surface area (Å²) >= 11 is 26.4. The van der Waals surface area contributed by atoms with Crippen molar-refractivity contribution in [2.45, 2.75) is 44.4 Å². The number of aliphatic hydroxyl groups excluding tert-OH is 1. The van der Waals surface area contributed by atoms with Gasteiger partial charge in [0.1, 0.15) is 8.07 Å². The number of carbonyl (C=O) groups is 2. The molecule has 4 N–H and O–H groups in total. The third kappa shape index (κ3) is 4.60. The summed E-state index contributed by atoms with van der Waals surface area (Å²) in [5.74, 6) is -1.62. The second-order valence-electron chi connectivity index (χ2n) is 10.7. The Balaban J connectivity index is 1.73. The third-order valence-electron chi connectivity index (χ3n) is 7.89. The van der Waals surface area contributed by atoms with E-state index >= 15 is 0 Å². The molecule has 5 rings (SSSR count). The van der Waals surface area contributed by atoms with Crippen molar-refractivity contribution in [1.29, 1.82) is 0 Å². The molecular formula is C29H27Cl4NO6Si. The highest BCUT2D eigenvalue weighted by Crippen LogP contribution is 2.53. The number of nitrogens with one attached hydrogen (secondary N) is 1. The van der Waals surface area contributed by atoms with Crippen LogP contribution in [0.4, 0.5) is 0 Å². The van der Waals surface area contributed by atoms with Crippen molar-refractivity contribution in [2.24, 2.45) is 0 Å². The monoisotopic (exact) mass is 653 g/mol. The minimum atomic E-state index is -2.92. The molecule has 1 spiro atoms. The quantitative estimate of drug-likeness (QED) is 0.150. The van der Waals surface area contributed by atoms with Crippen LogP contribution in [0, 0.1) is 0 Å². The first-order valence-electron chi connectivity index (χ1n) is 13.1. The summed E-state index contributed by atoms with van der Waals surface area (Å²) < 4.78 is 6.21. The van der Waals surface area contributed by atoms with Crippen LogP contribution in [0.3, 0.4) is 0 Å². The molecule has 2 aliphatic rings. The van der Waals surface area contributed by atoms with E-state index < -0.39 is 19.6 Å². The number of benzene rings is 3. The number of phenolic OH excluding ortho intramolecular Hbond substituents is 2. The molecule has 7 nitrogen and oxygen atoms in total. The molecule has 3 aromatic carbocycles. The van der Waals surface area contributed by atoms with Crippen molar-refractivity contribution >= 4 is 76.7 Å². The van der Waals surface area contributed by atoms with Gasteiger partial charge in [0.2, 0.25) is 0 Å². The van der Waals surface area contributed by atoms with Gasteiger partial charge in [0.05, 0.1) is 25.7 Å².